The third-order valence-corrected chi connectivity index (χ3v) is 2.47. The van der Waals surface area contributed by atoms with Crippen molar-refractivity contribution in [2.45, 2.75) is 32.2 Å². The summed E-state index contributed by atoms with van der Waals surface area (Å²) in [5, 5.41) is 11.3. The van der Waals surface area contributed by atoms with Gasteiger partial charge in [0.05, 0.1) is 24.3 Å². The lowest BCUT2D eigenvalue weighted by Crippen LogP contribution is -2.36. The summed E-state index contributed by atoms with van der Waals surface area (Å²) in [5.74, 6) is -1.29. The quantitative estimate of drug-likeness (QED) is 0.774. The minimum absolute atomic E-state index is 0.0723. The van der Waals surface area contributed by atoms with Crippen molar-refractivity contribution in [1.29, 1.82) is 0 Å². The highest BCUT2D eigenvalue weighted by Gasteiger charge is 2.17. The van der Waals surface area contributed by atoms with Crippen LogP contribution in [0.25, 0.3) is 0 Å². The Kier molecular flexibility index (Phi) is 4.84. The number of carboxylic acid groups (broad SMARTS) is 1. The number of carbonyl (C=O) groups excluding carboxylic acids is 1. The van der Waals surface area contributed by atoms with Crippen LogP contribution in [0.2, 0.25) is 0 Å². The Balaban J connectivity index is 2.54. The maximum absolute atomic E-state index is 11.6. The van der Waals surface area contributed by atoms with Crippen LogP contribution >= 0.6 is 11.7 Å². The van der Waals surface area contributed by atoms with E-state index in [1.54, 1.807) is 0 Å². The predicted octanol–water partition coefficient (Wildman–Crippen LogP) is 0.911. The standard InChI is InChI=1S/C9H13N3O3S/c1-2-3-6(4-8(13)14)11-9(15)7-5-10-16-12-7/h5-6H,2-4H2,1H3,(H,11,15)(H,13,14). The smallest absolute Gasteiger partial charge is 0.305 e. The molecule has 1 rings (SSSR count). The van der Waals surface area contributed by atoms with E-state index >= 15 is 0 Å². The summed E-state index contributed by atoms with van der Waals surface area (Å²) in [6.45, 7) is 1.94. The van der Waals surface area contributed by atoms with E-state index in [1.807, 2.05) is 6.92 Å². The summed E-state index contributed by atoms with van der Waals surface area (Å²) in [5.41, 5.74) is 0.233. The number of hydrogen-bond donors (Lipinski definition) is 2. The maximum atomic E-state index is 11.6. The largest absolute Gasteiger partial charge is 0.481 e. The molecule has 0 aliphatic carbocycles. The molecule has 0 aliphatic heterocycles. The molecule has 1 heterocycles. The average molecular weight is 243 g/mol. The molecule has 6 nitrogen and oxygen atoms in total. The second kappa shape index (κ2) is 6.16. The Morgan fingerprint density at radius 2 is 2.38 bits per heavy atom. The van der Waals surface area contributed by atoms with Gasteiger partial charge in [0.15, 0.2) is 5.69 Å². The highest BCUT2D eigenvalue weighted by molar-refractivity contribution is 6.99. The Bertz CT molecular complexity index is 353. The molecule has 0 radical (unpaired) electrons. The third kappa shape index (κ3) is 3.93. The average Bonchev–Trinajstić information content (AvgIpc) is 2.69. The van der Waals surface area contributed by atoms with Gasteiger partial charge in [-0.2, -0.15) is 8.75 Å². The molecule has 0 fully saturated rings. The molecule has 0 aromatic carbocycles. The summed E-state index contributed by atoms with van der Waals surface area (Å²) in [6.07, 6.45) is 2.74. The van der Waals surface area contributed by atoms with Crippen molar-refractivity contribution < 1.29 is 14.7 Å². The molecule has 88 valence electrons. The molecule has 7 heteroatoms. The van der Waals surface area contributed by atoms with Crippen LogP contribution < -0.4 is 5.32 Å². The van der Waals surface area contributed by atoms with Crippen molar-refractivity contribution in [2.24, 2.45) is 0 Å². The van der Waals surface area contributed by atoms with Crippen LogP contribution in [0.4, 0.5) is 0 Å². The van der Waals surface area contributed by atoms with Gasteiger partial charge in [-0.05, 0) is 6.42 Å². The number of carboxylic acids is 1. The highest BCUT2D eigenvalue weighted by Crippen LogP contribution is 2.04. The molecule has 1 aromatic heterocycles. The molecule has 0 saturated carbocycles. The van der Waals surface area contributed by atoms with Gasteiger partial charge in [0.1, 0.15) is 0 Å². The predicted molar refractivity (Wildman–Crippen MR) is 58.3 cm³/mol. The minimum Gasteiger partial charge on any atom is -0.481 e. The van der Waals surface area contributed by atoms with E-state index in [9.17, 15) is 9.59 Å². The molecule has 1 aromatic rings. The number of amides is 1. The van der Waals surface area contributed by atoms with E-state index in [1.165, 1.54) is 6.20 Å². The van der Waals surface area contributed by atoms with Crippen LogP contribution in [0.5, 0.6) is 0 Å². The fourth-order valence-corrected chi connectivity index (χ4v) is 1.72. The van der Waals surface area contributed by atoms with Gasteiger partial charge in [-0.3, -0.25) is 9.59 Å². The fraction of sp³-hybridized carbons (Fsp3) is 0.556. The zero-order chi connectivity index (χ0) is 12.0. The van der Waals surface area contributed by atoms with Crippen molar-refractivity contribution in [3.05, 3.63) is 11.9 Å². The number of aliphatic carboxylic acids is 1. The molecule has 0 aliphatic rings. The number of nitrogens with zero attached hydrogens (tertiary/aromatic N) is 2. The summed E-state index contributed by atoms with van der Waals surface area (Å²) in [7, 11) is 0. The van der Waals surface area contributed by atoms with Crippen LogP contribution in [0, 0.1) is 0 Å². The molecule has 1 atom stereocenters. The van der Waals surface area contributed by atoms with Crippen LogP contribution in [0.3, 0.4) is 0 Å². The first-order chi connectivity index (χ1) is 7.63. The van der Waals surface area contributed by atoms with Gasteiger partial charge < -0.3 is 10.4 Å². The lowest BCUT2D eigenvalue weighted by atomic mass is 10.1. The van der Waals surface area contributed by atoms with Crippen molar-refractivity contribution in [3.63, 3.8) is 0 Å². The van der Waals surface area contributed by atoms with Crippen LogP contribution in [0.1, 0.15) is 36.7 Å². The van der Waals surface area contributed by atoms with Gasteiger partial charge in [-0.1, -0.05) is 13.3 Å². The third-order valence-electron chi connectivity index (χ3n) is 1.99. The second-order valence-corrected chi connectivity index (χ2v) is 3.91. The molecule has 1 amide bonds. The van der Waals surface area contributed by atoms with Crippen LogP contribution in [-0.4, -0.2) is 31.8 Å². The van der Waals surface area contributed by atoms with Gasteiger partial charge in [-0.15, -0.1) is 0 Å². The first kappa shape index (κ1) is 12.6. The van der Waals surface area contributed by atoms with Crippen molar-refractivity contribution in [2.75, 3.05) is 0 Å². The maximum Gasteiger partial charge on any atom is 0.305 e. The van der Waals surface area contributed by atoms with E-state index in [2.05, 4.69) is 14.1 Å². The van der Waals surface area contributed by atoms with E-state index < -0.39 is 5.97 Å². The topological polar surface area (TPSA) is 92.2 Å². The number of aromatic nitrogens is 2. The molecule has 2 N–H and O–H groups in total. The fourth-order valence-electron chi connectivity index (χ4n) is 1.31. The van der Waals surface area contributed by atoms with Gasteiger partial charge in [-0.25, -0.2) is 0 Å². The van der Waals surface area contributed by atoms with Crippen molar-refractivity contribution in [3.8, 4) is 0 Å². The monoisotopic (exact) mass is 243 g/mol. The van der Waals surface area contributed by atoms with Gasteiger partial charge >= 0.3 is 5.97 Å². The minimum atomic E-state index is -0.921. The van der Waals surface area contributed by atoms with Crippen molar-refractivity contribution in [1.82, 2.24) is 14.1 Å². The highest BCUT2D eigenvalue weighted by atomic mass is 32.1. The van der Waals surface area contributed by atoms with Crippen LogP contribution in [-0.2, 0) is 4.79 Å². The number of rotatable bonds is 6. The molecule has 0 saturated heterocycles. The van der Waals surface area contributed by atoms with E-state index in [0.717, 1.165) is 18.1 Å². The molecule has 1 unspecified atom stereocenters. The molecule has 16 heavy (non-hydrogen) atoms. The second-order valence-electron chi connectivity index (χ2n) is 3.35. The molecular weight excluding hydrogens is 230 g/mol. The Morgan fingerprint density at radius 1 is 1.62 bits per heavy atom. The number of hydrogen-bond acceptors (Lipinski definition) is 5. The molecule has 0 spiro atoms. The Hall–Kier alpha value is -1.50. The lowest BCUT2D eigenvalue weighted by molar-refractivity contribution is -0.137. The SMILES string of the molecule is CCCC(CC(=O)O)NC(=O)c1cnsn1. The Morgan fingerprint density at radius 3 is 2.88 bits per heavy atom. The zero-order valence-corrected chi connectivity index (χ0v) is 9.66. The van der Waals surface area contributed by atoms with E-state index in [4.69, 9.17) is 5.11 Å². The number of carbonyl (C=O) groups is 2. The Labute approximate surface area is 97.0 Å². The van der Waals surface area contributed by atoms with Crippen molar-refractivity contribution >= 4 is 23.6 Å². The summed E-state index contributed by atoms with van der Waals surface area (Å²) in [6, 6.07) is -0.350. The lowest BCUT2D eigenvalue weighted by Gasteiger charge is -2.14. The normalized spacial score (nSPS) is 12.1. The van der Waals surface area contributed by atoms with E-state index in [-0.39, 0.29) is 24.1 Å². The number of nitrogens with one attached hydrogen (secondary N) is 1. The summed E-state index contributed by atoms with van der Waals surface area (Å²) >= 11 is 0.945. The van der Waals surface area contributed by atoms with E-state index in [0.29, 0.717) is 6.42 Å². The van der Waals surface area contributed by atoms with Crippen LogP contribution in [0.15, 0.2) is 6.20 Å². The van der Waals surface area contributed by atoms with Gasteiger partial charge in [0, 0.05) is 6.04 Å². The molecule has 0 bridgehead atoms. The first-order valence-electron chi connectivity index (χ1n) is 4.93. The van der Waals surface area contributed by atoms with Gasteiger partial charge in [0.25, 0.3) is 5.91 Å². The summed E-state index contributed by atoms with van der Waals surface area (Å²) in [4.78, 5) is 22.1. The first-order valence-corrected chi connectivity index (χ1v) is 5.66. The zero-order valence-electron chi connectivity index (χ0n) is 8.84. The molecular formula is C9H13N3O3S. The van der Waals surface area contributed by atoms with Gasteiger partial charge in [0.2, 0.25) is 0 Å². The summed E-state index contributed by atoms with van der Waals surface area (Å²) < 4.78 is 7.49.